The van der Waals surface area contributed by atoms with Crippen molar-refractivity contribution < 1.29 is 13.2 Å². The van der Waals surface area contributed by atoms with Gasteiger partial charge in [0.05, 0.1) is 4.90 Å². The van der Waals surface area contributed by atoms with Crippen LogP contribution in [0.1, 0.15) is 30.0 Å². The predicted molar refractivity (Wildman–Crippen MR) is 97.1 cm³/mol. The molecule has 128 valence electrons. The summed E-state index contributed by atoms with van der Waals surface area (Å²) in [5.41, 5.74) is 3.77. The second-order valence-corrected chi connectivity index (χ2v) is 7.98. The summed E-state index contributed by atoms with van der Waals surface area (Å²) >= 11 is 0. The van der Waals surface area contributed by atoms with Crippen molar-refractivity contribution in [2.75, 3.05) is 11.6 Å². The van der Waals surface area contributed by atoms with Crippen LogP contribution in [-0.2, 0) is 27.5 Å². The average molecular weight is 345 g/mol. The second kappa shape index (κ2) is 7.62. The minimum Gasteiger partial charge on any atom is -0.326 e. The maximum Gasteiger partial charge on any atom is 0.224 e. The second-order valence-electron chi connectivity index (χ2n) is 5.97. The number of anilines is 1. The topological polar surface area (TPSA) is 63.2 Å². The van der Waals surface area contributed by atoms with Gasteiger partial charge in [-0.15, -0.1) is 0 Å². The number of amides is 1. The molecule has 0 unspecified atom stereocenters. The molecule has 1 N–H and O–H groups in total. The molecule has 0 aromatic heterocycles. The maximum absolute atomic E-state index is 12.2. The standard InChI is InChI=1S/C19H23NO3S/c1-4-15-6-8-16(9-7-15)10-12-19(21)20-18-13-17(24(3,22)23)11-5-14(18)2/h5-9,11,13H,4,10,12H2,1-3H3,(H,20,21). The van der Waals surface area contributed by atoms with Crippen LogP contribution in [0.15, 0.2) is 47.4 Å². The summed E-state index contributed by atoms with van der Waals surface area (Å²) in [5, 5.41) is 2.81. The Kier molecular flexibility index (Phi) is 5.78. The molecule has 0 saturated carbocycles. The number of nitrogens with one attached hydrogen (secondary N) is 1. The lowest BCUT2D eigenvalue weighted by molar-refractivity contribution is -0.116. The predicted octanol–water partition coefficient (Wildman–Crippen LogP) is 3.53. The molecular weight excluding hydrogens is 322 g/mol. The first kappa shape index (κ1) is 18.2. The number of carbonyl (C=O) groups excluding carboxylic acids is 1. The molecule has 2 aromatic carbocycles. The van der Waals surface area contributed by atoms with Gasteiger partial charge in [0.15, 0.2) is 9.84 Å². The van der Waals surface area contributed by atoms with Crippen molar-refractivity contribution in [3.63, 3.8) is 0 Å². The van der Waals surface area contributed by atoms with Crippen molar-refractivity contribution >= 4 is 21.4 Å². The highest BCUT2D eigenvalue weighted by Crippen LogP contribution is 2.20. The molecule has 0 aliphatic heterocycles. The highest BCUT2D eigenvalue weighted by atomic mass is 32.2. The summed E-state index contributed by atoms with van der Waals surface area (Å²) in [6.45, 7) is 3.94. The number of benzene rings is 2. The number of rotatable bonds is 6. The first-order valence-corrected chi connectivity index (χ1v) is 9.87. The molecule has 0 aliphatic carbocycles. The Morgan fingerprint density at radius 3 is 2.25 bits per heavy atom. The van der Waals surface area contributed by atoms with E-state index < -0.39 is 9.84 Å². The smallest absolute Gasteiger partial charge is 0.224 e. The van der Waals surface area contributed by atoms with Gasteiger partial charge in [-0.1, -0.05) is 37.3 Å². The first-order chi connectivity index (χ1) is 11.3. The van der Waals surface area contributed by atoms with Crippen molar-refractivity contribution in [3.8, 4) is 0 Å². The van der Waals surface area contributed by atoms with E-state index in [1.807, 2.05) is 19.1 Å². The molecule has 2 aromatic rings. The number of hydrogen-bond acceptors (Lipinski definition) is 3. The third kappa shape index (κ3) is 4.93. The van der Waals surface area contributed by atoms with E-state index in [0.717, 1.165) is 23.8 Å². The van der Waals surface area contributed by atoms with Crippen LogP contribution in [0.25, 0.3) is 0 Å². The summed E-state index contributed by atoms with van der Waals surface area (Å²) in [6.07, 6.45) is 3.16. The Morgan fingerprint density at radius 1 is 1.04 bits per heavy atom. The normalized spacial score (nSPS) is 11.3. The van der Waals surface area contributed by atoms with E-state index in [9.17, 15) is 13.2 Å². The van der Waals surface area contributed by atoms with Crippen molar-refractivity contribution in [2.24, 2.45) is 0 Å². The number of hydrogen-bond donors (Lipinski definition) is 1. The minimum atomic E-state index is -3.29. The quantitative estimate of drug-likeness (QED) is 0.871. The fourth-order valence-corrected chi connectivity index (χ4v) is 3.03. The fraction of sp³-hybridized carbons (Fsp3) is 0.316. The van der Waals surface area contributed by atoms with Gasteiger partial charge in [-0.25, -0.2) is 8.42 Å². The fourth-order valence-electron chi connectivity index (χ4n) is 2.38. The Labute approximate surface area is 143 Å². The van der Waals surface area contributed by atoms with Gasteiger partial charge in [0.1, 0.15) is 0 Å². The van der Waals surface area contributed by atoms with E-state index in [1.54, 1.807) is 12.1 Å². The number of carbonyl (C=O) groups is 1. The molecule has 0 bridgehead atoms. The van der Waals surface area contributed by atoms with Crippen LogP contribution in [0.5, 0.6) is 0 Å². The average Bonchev–Trinajstić information content (AvgIpc) is 2.54. The lowest BCUT2D eigenvalue weighted by Crippen LogP contribution is -2.13. The molecule has 2 rings (SSSR count). The summed E-state index contributed by atoms with van der Waals surface area (Å²) < 4.78 is 23.3. The molecular formula is C19H23NO3S. The van der Waals surface area contributed by atoms with Crippen molar-refractivity contribution in [1.29, 1.82) is 0 Å². The summed E-state index contributed by atoms with van der Waals surface area (Å²) in [6, 6.07) is 13.0. The molecule has 1 amide bonds. The van der Waals surface area contributed by atoms with E-state index in [-0.39, 0.29) is 10.8 Å². The third-order valence-electron chi connectivity index (χ3n) is 3.98. The lowest BCUT2D eigenvalue weighted by Gasteiger charge is -2.10. The molecule has 0 fully saturated rings. The van der Waals surface area contributed by atoms with E-state index in [0.29, 0.717) is 18.5 Å². The Hall–Kier alpha value is -2.14. The van der Waals surface area contributed by atoms with Crippen LogP contribution in [0.2, 0.25) is 0 Å². The van der Waals surface area contributed by atoms with Crippen molar-refractivity contribution in [3.05, 3.63) is 59.2 Å². The molecule has 0 atom stereocenters. The molecule has 0 saturated heterocycles. The van der Waals surface area contributed by atoms with E-state index in [2.05, 4.69) is 24.4 Å². The molecule has 0 radical (unpaired) electrons. The molecule has 4 nitrogen and oxygen atoms in total. The molecule has 24 heavy (non-hydrogen) atoms. The van der Waals surface area contributed by atoms with E-state index in [4.69, 9.17) is 0 Å². The third-order valence-corrected chi connectivity index (χ3v) is 5.09. The zero-order valence-corrected chi connectivity index (χ0v) is 15.1. The van der Waals surface area contributed by atoms with Crippen LogP contribution in [0.3, 0.4) is 0 Å². The summed E-state index contributed by atoms with van der Waals surface area (Å²) in [5.74, 6) is -0.122. The van der Waals surface area contributed by atoms with Crippen molar-refractivity contribution in [2.45, 2.75) is 38.0 Å². The summed E-state index contributed by atoms with van der Waals surface area (Å²) in [7, 11) is -3.29. The minimum absolute atomic E-state index is 0.122. The lowest BCUT2D eigenvalue weighted by atomic mass is 10.1. The maximum atomic E-state index is 12.2. The molecule has 0 heterocycles. The summed E-state index contributed by atoms with van der Waals surface area (Å²) in [4.78, 5) is 12.4. The van der Waals surface area contributed by atoms with Gasteiger partial charge >= 0.3 is 0 Å². The van der Waals surface area contributed by atoms with Crippen LogP contribution in [-0.4, -0.2) is 20.6 Å². The molecule has 0 spiro atoms. The highest BCUT2D eigenvalue weighted by molar-refractivity contribution is 7.90. The Balaban J connectivity index is 2.01. The number of aryl methyl sites for hydroxylation is 3. The Bertz CT molecular complexity index is 824. The SMILES string of the molecule is CCc1ccc(CCC(=O)Nc2cc(S(C)(=O)=O)ccc2C)cc1. The van der Waals surface area contributed by atoms with E-state index >= 15 is 0 Å². The molecule has 5 heteroatoms. The van der Waals surface area contributed by atoms with E-state index in [1.165, 1.54) is 11.6 Å². The van der Waals surface area contributed by atoms with Gasteiger partial charge in [-0.2, -0.15) is 0 Å². The van der Waals surface area contributed by atoms with Gasteiger partial charge in [0, 0.05) is 18.4 Å². The number of sulfone groups is 1. The van der Waals surface area contributed by atoms with Crippen LogP contribution in [0, 0.1) is 6.92 Å². The van der Waals surface area contributed by atoms with Crippen LogP contribution >= 0.6 is 0 Å². The molecule has 0 aliphatic rings. The van der Waals surface area contributed by atoms with Crippen molar-refractivity contribution in [1.82, 2.24) is 0 Å². The Morgan fingerprint density at radius 2 is 1.67 bits per heavy atom. The zero-order chi connectivity index (χ0) is 17.7. The largest absolute Gasteiger partial charge is 0.326 e. The van der Waals surface area contributed by atoms with Gasteiger partial charge in [-0.05, 0) is 48.6 Å². The van der Waals surface area contributed by atoms with Gasteiger partial charge in [-0.3, -0.25) is 4.79 Å². The first-order valence-electron chi connectivity index (χ1n) is 7.98. The van der Waals surface area contributed by atoms with Crippen LogP contribution < -0.4 is 5.32 Å². The van der Waals surface area contributed by atoms with Gasteiger partial charge in [0.25, 0.3) is 0 Å². The monoisotopic (exact) mass is 345 g/mol. The highest BCUT2D eigenvalue weighted by Gasteiger charge is 2.11. The zero-order valence-electron chi connectivity index (χ0n) is 14.3. The van der Waals surface area contributed by atoms with Gasteiger partial charge < -0.3 is 5.32 Å². The van der Waals surface area contributed by atoms with Gasteiger partial charge in [0.2, 0.25) is 5.91 Å². The van der Waals surface area contributed by atoms with Crippen LogP contribution in [0.4, 0.5) is 5.69 Å².